The summed E-state index contributed by atoms with van der Waals surface area (Å²) in [7, 11) is 0. The summed E-state index contributed by atoms with van der Waals surface area (Å²) in [4.78, 5) is 0. The van der Waals surface area contributed by atoms with Gasteiger partial charge in [-0.25, -0.2) is 0 Å². The molecule has 3 unspecified atom stereocenters. The highest BCUT2D eigenvalue weighted by Gasteiger charge is 2.47. The predicted octanol–water partition coefficient (Wildman–Crippen LogP) is -1.07. The monoisotopic (exact) mass is 142 g/mol. The Labute approximate surface area is 60.8 Å². The maximum atomic E-state index is 9.87. The lowest BCUT2D eigenvalue weighted by Gasteiger charge is -2.35. The van der Waals surface area contributed by atoms with Crippen molar-refractivity contribution in [2.75, 3.05) is 19.6 Å². The Balaban J connectivity index is 2.21. The topological polar surface area (TPSA) is 44.3 Å². The van der Waals surface area contributed by atoms with Crippen LogP contribution in [0.15, 0.2) is 0 Å². The van der Waals surface area contributed by atoms with Crippen molar-refractivity contribution in [2.45, 2.75) is 18.6 Å². The molecule has 0 spiro atoms. The van der Waals surface area contributed by atoms with Crippen molar-refractivity contribution in [1.82, 2.24) is 10.6 Å². The standard InChI is InChI=1S/C7H14N2O/c1-7(10)5-2-8-4-6(7)9-3-5/h5-6,8-10H,2-4H2,1H3. The molecule has 2 rings (SSSR count). The summed E-state index contributed by atoms with van der Waals surface area (Å²) in [5, 5.41) is 16.4. The van der Waals surface area contributed by atoms with Crippen LogP contribution in [0.1, 0.15) is 6.92 Å². The van der Waals surface area contributed by atoms with Gasteiger partial charge >= 0.3 is 0 Å². The summed E-state index contributed by atoms with van der Waals surface area (Å²) >= 11 is 0. The first kappa shape index (κ1) is 6.58. The van der Waals surface area contributed by atoms with Crippen LogP contribution in [0.25, 0.3) is 0 Å². The van der Waals surface area contributed by atoms with Gasteiger partial charge in [0.25, 0.3) is 0 Å². The van der Waals surface area contributed by atoms with Crippen molar-refractivity contribution >= 4 is 0 Å². The highest BCUT2D eigenvalue weighted by Crippen LogP contribution is 2.28. The Kier molecular flexibility index (Phi) is 1.27. The molecule has 58 valence electrons. The second-order valence-corrected chi connectivity index (χ2v) is 3.54. The predicted molar refractivity (Wildman–Crippen MR) is 38.8 cm³/mol. The molecule has 10 heavy (non-hydrogen) atoms. The van der Waals surface area contributed by atoms with Crippen molar-refractivity contribution in [3.8, 4) is 0 Å². The molecule has 0 radical (unpaired) electrons. The van der Waals surface area contributed by atoms with E-state index in [1.165, 1.54) is 0 Å². The molecule has 2 saturated heterocycles. The minimum Gasteiger partial charge on any atom is -0.388 e. The maximum Gasteiger partial charge on any atom is 0.0836 e. The average Bonchev–Trinajstić information content (AvgIpc) is 2.17. The van der Waals surface area contributed by atoms with Gasteiger partial charge in [0.05, 0.1) is 5.60 Å². The zero-order chi connectivity index (χ0) is 7.19. The van der Waals surface area contributed by atoms with E-state index in [-0.39, 0.29) is 6.04 Å². The van der Waals surface area contributed by atoms with E-state index in [2.05, 4.69) is 10.6 Å². The average molecular weight is 142 g/mol. The Morgan fingerprint density at radius 2 is 2.20 bits per heavy atom. The number of rotatable bonds is 0. The quantitative estimate of drug-likeness (QED) is 0.403. The van der Waals surface area contributed by atoms with Crippen molar-refractivity contribution < 1.29 is 5.11 Å². The zero-order valence-electron chi connectivity index (χ0n) is 6.22. The number of nitrogens with one attached hydrogen (secondary N) is 2. The molecule has 0 aliphatic carbocycles. The number of aliphatic hydroxyl groups is 1. The Bertz CT molecular complexity index is 129. The summed E-state index contributed by atoms with van der Waals surface area (Å²) in [5.41, 5.74) is -0.467. The molecular formula is C7H14N2O. The van der Waals surface area contributed by atoms with Gasteiger partial charge in [-0.15, -0.1) is 0 Å². The third-order valence-electron chi connectivity index (χ3n) is 2.88. The lowest BCUT2D eigenvalue weighted by atomic mass is 9.84. The molecule has 0 aromatic rings. The van der Waals surface area contributed by atoms with Gasteiger partial charge in [-0.1, -0.05) is 0 Å². The van der Waals surface area contributed by atoms with E-state index in [4.69, 9.17) is 0 Å². The van der Waals surface area contributed by atoms with Crippen LogP contribution < -0.4 is 10.6 Å². The molecule has 3 N–H and O–H groups in total. The van der Waals surface area contributed by atoms with Gasteiger partial charge in [-0.05, 0) is 6.92 Å². The lowest BCUT2D eigenvalue weighted by Crippen LogP contribution is -2.55. The van der Waals surface area contributed by atoms with E-state index in [0.717, 1.165) is 19.6 Å². The van der Waals surface area contributed by atoms with Crippen LogP contribution in [-0.2, 0) is 0 Å². The second-order valence-electron chi connectivity index (χ2n) is 3.54. The number of hydrogen-bond donors (Lipinski definition) is 3. The molecule has 0 amide bonds. The van der Waals surface area contributed by atoms with E-state index in [9.17, 15) is 5.11 Å². The van der Waals surface area contributed by atoms with Crippen LogP contribution in [0.3, 0.4) is 0 Å². The van der Waals surface area contributed by atoms with E-state index in [0.29, 0.717) is 5.92 Å². The zero-order valence-corrected chi connectivity index (χ0v) is 6.22. The van der Waals surface area contributed by atoms with Crippen LogP contribution in [-0.4, -0.2) is 36.4 Å². The summed E-state index contributed by atoms with van der Waals surface area (Å²) in [5.74, 6) is 0.409. The van der Waals surface area contributed by atoms with Crippen LogP contribution in [0.5, 0.6) is 0 Å². The SMILES string of the molecule is CC1(O)C2CNCC1NC2. The van der Waals surface area contributed by atoms with E-state index in [1.54, 1.807) is 0 Å². The third-order valence-corrected chi connectivity index (χ3v) is 2.88. The van der Waals surface area contributed by atoms with Gasteiger partial charge in [0.1, 0.15) is 0 Å². The van der Waals surface area contributed by atoms with Gasteiger partial charge in [0.15, 0.2) is 0 Å². The minimum absolute atomic E-state index is 0.270. The molecule has 2 bridgehead atoms. The van der Waals surface area contributed by atoms with Crippen LogP contribution in [0.4, 0.5) is 0 Å². The normalized spacial score (nSPS) is 53.4. The molecule has 2 aliphatic rings. The van der Waals surface area contributed by atoms with Crippen LogP contribution in [0, 0.1) is 5.92 Å². The largest absolute Gasteiger partial charge is 0.388 e. The molecular weight excluding hydrogens is 128 g/mol. The molecule has 3 heteroatoms. The van der Waals surface area contributed by atoms with Gasteiger partial charge in [0, 0.05) is 31.6 Å². The summed E-state index contributed by atoms with van der Waals surface area (Å²) in [6.45, 7) is 4.76. The van der Waals surface area contributed by atoms with Gasteiger partial charge in [0.2, 0.25) is 0 Å². The fourth-order valence-corrected chi connectivity index (χ4v) is 1.94. The first-order chi connectivity index (χ1) is 4.71. The Morgan fingerprint density at radius 1 is 1.40 bits per heavy atom. The fourth-order valence-electron chi connectivity index (χ4n) is 1.94. The molecule has 0 saturated carbocycles. The number of fused-ring (bicyclic) bond motifs is 2. The minimum atomic E-state index is -0.467. The van der Waals surface area contributed by atoms with Crippen molar-refractivity contribution in [3.63, 3.8) is 0 Å². The smallest absolute Gasteiger partial charge is 0.0836 e. The highest BCUT2D eigenvalue weighted by molar-refractivity contribution is 5.05. The molecule has 0 aromatic carbocycles. The van der Waals surface area contributed by atoms with Crippen LogP contribution in [0.2, 0.25) is 0 Å². The van der Waals surface area contributed by atoms with Crippen LogP contribution >= 0.6 is 0 Å². The number of piperidine rings is 1. The first-order valence-electron chi connectivity index (χ1n) is 3.88. The molecule has 0 aromatic heterocycles. The summed E-state index contributed by atoms with van der Waals surface area (Å²) < 4.78 is 0. The molecule has 3 nitrogen and oxygen atoms in total. The Hall–Kier alpha value is -0.120. The fraction of sp³-hybridized carbons (Fsp3) is 1.00. The first-order valence-corrected chi connectivity index (χ1v) is 3.88. The Morgan fingerprint density at radius 3 is 2.80 bits per heavy atom. The third kappa shape index (κ3) is 0.713. The van der Waals surface area contributed by atoms with Crippen molar-refractivity contribution in [3.05, 3.63) is 0 Å². The number of hydrogen-bond acceptors (Lipinski definition) is 3. The molecule has 2 heterocycles. The van der Waals surface area contributed by atoms with Crippen molar-refractivity contribution in [1.29, 1.82) is 0 Å². The van der Waals surface area contributed by atoms with Gasteiger partial charge < -0.3 is 15.7 Å². The van der Waals surface area contributed by atoms with Gasteiger partial charge in [-0.3, -0.25) is 0 Å². The second kappa shape index (κ2) is 1.94. The lowest BCUT2D eigenvalue weighted by molar-refractivity contribution is -0.00808. The van der Waals surface area contributed by atoms with E-state index >= 15 is 0 Å². The van der Waals surface area contributed by atoms with Gasteiger partial charge in [-0.2, -0.15) is 0 Å². The summed E-state index contributed by atoms with van der Waals surface area (Å²) in [6.07, 6.45) is 0. The maximum absolute atomic E-state index is 9.87. The summed E-state index contributed by atoms with van der Waals surface area (Å²) in [6, 6.07) is 0.270. The molecule has 3 atom stereocenters. The molecule has 2 fully saturated rings. The van der Waals surface area contributed by atoms with E-state index < -0.39 is 5.60 Å². The highest BCUT2D eigenvalue weighted by atomic mass is 16.3. The molecule has 2 aliphatic heterocycles. The van der Waals surface area contributed by atoms with Crippen molar-refractivity contribution in [2.24, 2.45) is 5.92 Å². The van der Waals surface area contributed by atoms with E-state index in [1.807, 2.05) is 6.92 Å².